The second kappa shape index (κ2) is 5.03. The van der Waals surface area contributed by atoms with Crippen molar-refractivity contribution < 1.29 is 35.9 Å². The average Bonchev–Trinajstić information content (AvgIpc) is 2.33. The summed E-state index contributed by atoms with van der Waals surface area (Å²) in [6.07, 6.45) is -10.4. The van der Waals surface area contributed by atoms with Crippen LogP contribution in [0.25, 0.3) is 0 Å². The fourth-order valence-electron chi connectivity index (χ4n) is 1.45. The summed E-state index contributed by atoms with van der Waals surface area (Å²) in [5, 5.41) is 8.55. The lowest BCUT2D eigenvalue weighted by molar-refractivity contribution is -0.143. The van der Waals surface area contributed by atoms with E-state index in [1.165, 1.54) is 0 Å². The van der Waals surface area contributed by atoms with Gasteiger partial charge in [0.05, 0.1) is 29.4 Å². The van der Waals surface area contributed by atoms with Crippen molar-refractivity contribution in [2.75, 3.05) is 7.11 Å². The molecule has 0 spiro atoms. The van der Waals surface area contributed by atoms with Gasteiger partial charge in [-0.15, -0.1) is 0 Å². The number of rotatable bonds is 1. The molecule has 0 fully saturated rings. The average molecular weight is 297 g/mol. The van der Waals surface area contributed by atoms with Gasteiger partial charge in [-0.1, -0.05) is 0 Å². The Morgan fingerprint density at radius 3 is 1.75 bits per heavy atom. The molecule has 3 nitrogen and oxygen atoms in total. The van der Waals surface area contributed by atoms with Crippen LogP contribution >= 0.6 is 0 Å². The molecular formula is C11H5F6NO2. The van der Waals surface area contributed by atoms with Crippen LogP contribution in [0.5, 0.6) is 0 Å². The van der Waals surface area contributed by atoms with Gasteiger partial charge in [-0.05, 0) is 12.1 Å². The molecule has 20 heavy (non-hydrogen) atoms. The van der Waals surface area contributed by atoms with Crippen LogP contribution in [0.4, 0.5) is 26.3 Å². The largest absolute Gasteiger partial charge is 0.465 e. The Morgan fingerprint density at radius 2 is 1.50 bits per heavy atom. The van der Waals surface area contributed by atoms with Crippen molar-refractivity contribution in [2.24, 2.45) is 0 Å². The van der Waals surface area contributed by atoms with Crippen molar-refractivity contribution in [3.05, 3.63) is 34.4 Å². The number of carbonyl (C=O) groups excluding carboxylic acids is 1. The minimum atomic E-state index is -5.21. The molecule has 0 aromatic heterocycles. The highest BCUT2D eigenvalue weighted by atomic mass is 19.4. The first-order valence-electron chi connectivity index (χ1n) is 4.83. The van der Waals surface area contributed by atoms with Gasteiger partial charge < -0.3 is 4.74 Å². The monoisotopic (exact) mass is 297 g/mol. The molecule has 0 saturated heterocycles. The Kier molecular flexibility index (Phi) is 3.98. The number of nitrogens with zero attached hydrogens (tertiary/aromatic N) is 1. The van der Waals surface area contributed by atoms with Gasteiger partial charge in [-0.2, -0.15) is 31.6 Å². The van der Waals surface area contributed by atoms with Crippen LogP contribution in [0.15, 0.2) is 12.1 Å². The number of hydrogen-bond acceptors (Lipinski definition) is 3. The second-order valence-electron chi connectivity index (χ2n) is 3.55. The predicted molar refractivity (Wildman–Crippen MR) is 52.5 cm³/mol. The van der Waals surface area contributed by atoms with Gasteiger partial charge >= 0.3 is 18.3 Å². The third-order valence-corrected chi connectivity index (χ3v) is 2.28. The maximum atomic E-state index is 12.7. The number of ether oxygens (including phenoxy) is 1. The Bertz CT molecular complexity index is 547. The molecule has 1 rings (SSSR count). The van der Waals surface area contributed by atoms with Crippen LogP contribution in [0.2, 0.25) is 0 Å². The molecule has 0 atom stereocenters. The van der Waals surface area contributed by atoms with Crippen LogP contribution < -0.4 is 0 Å². The lowest BCUT2D eigenvalue weighted by Crippen LogP contribution is -2.17. The Hall–Kier alpha value is -2.24. The van der Waals surface area contributed by atoms with Crippen molar-refractivity contribution in [1.82, 2.24) is 0 Å². The zero-order valence-electron chi connectivity index (χ0n) is 9.69. The van der Waals surface area contributed by atoms with E-state index in [0.29, 0.717) is 0 Å². The number of benzene rings is 1. The third kappa shape index (κ3) is 3.01. The Labute approximate surface area is 108 Å². The van der Waals surface area contributed by atoms with E-state index < -0.39 is 40.6 Å². The molecule has 9 heteroatoms. The molecule has 1 aromatic rings. The number of carbonyl (C=O) groups is 1. The first-order valence-corrected chi connectivity index (χ1v) is 4.83. The number of esters is 1. The number of methoxy groups -OCH3 is 1. The normalized spacial score (nSPS) is 11.9. The number of hydrogen-bond donors (Lipinski definition) is 0. The molecular weight excluding hydrogens is 292 g/mol. The van der Waals surface area contributed by atoms with E-state index >= 15 is 0 Å². The maximum Gasteiger partial charge on any atom is 0.417 e. The van der Waals surface area contributed by atoms with Crippen LogP contribution in [0.1, 0.15) is 27.0 Å². The molecule has 0 heterocycles. The number of nitriles is 1. The molecule has 0 unspecified atom stereocenters. The zero-order valence-corrected chi connectivity index (χ0v) is 9.69. The van der Waals surface area contributed by atoms with E-state index in [2.05, 4.69) is 4.74 Å². The fourth-order valence-corrected chi connectivity index (χ4v) is 1.45. The summed E-state index contributed by atoms with van der Waals surface area (Å²) in [5.74, 6) is -1.37. The predicted octanol–water partition coefficient (Wildman–Crippen LogP) is 3.38. The second-order valence-corrected chi connectivity index (χ2v) is 3.55. The summed E-state index contributed by atoms with van der Waals surface area (Å²) in [7, 11) is 0.807. The molecule has 0 aliphatic heterocycles. The summed E-state index contributed by atoms with van der Waals surface area (Å²) in [6, 6.07) is 1.17. The molecule has 0 N–H and O–H groups in total. The molecule has 108 valence electrons. The smallest absolute Gasteiger partial charge is 0.417 e. The summed E-state index contributed by atoms with van der Waals surface area (Å²) in [5.41, 5.74) is -6.20. The van der Waals surface area contributed by atoms with Gasteiger partial charge in [0.15, 0.2) is 0 Å². The standard InChI is InChI=1S/C11H5F6NO2/c1-20-9(19)5-2-7(10(12,13)14)6(4-18)8(3-5)11(15,16)17/h2-3H,1H3. The van der Waals surface area contributed by atoms with Gasteiger partial charge in [-0.3, -0.25) is 0 Å². The van der Waals surface area contributed by atoms with Crippen molar-refractivity contribution in [2.45, 2.75) is 12.4 Å². The van der Waals surface area contributed by atoms with Crippen LogP contribution in [0.3, 0.4) is 0 Å². The minimum absolute atomic E-state index is 0.152. The minimum Gasteiger partial charge on any atom is -0.465 e. The Morgan fingerprint density at radius 1 is 1.10 bits per heavy atom. The lowest BCUT2D eigenvalue weighted by Gasteiger charge is -2.16. The van der Waals surface area contributed by atoms with E-state index in [9.17, 15) is 31.1 Å². The molecule has 0 radical (unpaired) electrons. The van der Waals surface area contributed by atoms with Crippen molar-refractivity contribution in [1.29, 1.82) is 5.26 Å². The van der Waals surface area contributed by atoms with Gasteiger partial charge in [0, 0.05) is 0 Å². The molecule has 0 aliphatic rings. The molecule has 0 amide bonds. The molecule has 0 bridgehead atoms. The van der Waals surface area contributed by atoms with Gasteiger partial charge in [0.2, 0.25) is 0 Å². The van der Waals surface area contributed by atoms with E-state index in [-0.39, 0.29) is 12.1 Å². The highest BCUT2D eigenvalue weighted by Crippen LogP contribution is 2.40. The quantitative estimate of drug-likeness (QED) is 0.590. The van der Waals surface area contributed by atoms with E-state index in [1.54, 1.807) is 0 Å². The van der Waals surface area contributed by atoms with Gasteiger partial charge in [0.25, 0.3) is 0 Å². The number of alkyl halides is 6. The SMILES string of the molecule is COC(=O)c1cc(C(F)(F)F)c(C#N)c(C(F)(F)F)c1. The summed E-state index contributed by atoms with van der Waals surface area (Å²) in [6.45, 7) is 0. The lowest BCUT2D eigenvalue weighted by atomic mass is 9.97. The summed E-state index contributed by atoms with van der Waals surface area (Å²) in [4.78, 5) is 11.1. The first-order chi connectivity index (χ1) is 9.02. The fraction of sp³-hybridized carbons (Fsp3) is 0.273. The highest BCUT2D eigenvalue weighted by molar-refractivity contribution is 5.90. The van der Waals surface area contributed by atoms with E-state index in [1.807, 2.05) is 0 Å². The van der Waals surface area contributed by atoms with Gasteiger partial charge in [0.1, 0.15) is 6.07 Å². The van der Waals surface area contributed by atoms with Crippen molar-refractivity contribution >= 4 is 5.97 Å². The first kappa shape index (κ1) is 15.8. The topological polar surface area (TPSA) is 50.1 Å². The molecule has 1 aromatic carbocycles. The highest BCUT2D eigenvalue weighted by Gasteiger charge is 2.42. The van der Waals surface area contributed by atoms with Crippen LogP contribution in [-0.2, 0) is 17.1 Å². The molecule has 0 saturated carbocycles. The summed E-state index contributed by atoms with van der Waals surface area (Å²) < 4.78 is 80.2. The zero-order chi connectivity index (χ0) is 15.7. The Balaban J connectivity index is 3.76. The van der Waals surface area contributed by atoms with Crippen LogP contribution in [0, 0.1) is 11.3 Å². The van der Waals surface area contributed by atoms with Crippen molar-refractivity contribution in [3.63, 3.8) is 0 Å². The maximum absolute atomic E-state index is 12.7. The van der Waals surface area contributed by atoms with E-state index in [0.717, 1.165) is 13.2 Å². The summed E-state index contributed by atoms with van der Waals surface area (Å²) >= 11 is 0. The molecule has 0 aliphatic carbocycles. The van der Waals surface area contributed by atoms with E-state index in [4.69, 9.17) is 5.26 Å². The third-order valence-electron chi connectivity index (χ3n) is 2.28. The number of halogens is 6. The van der Waals surface area contributed by atoms with Crippen LogP contribution in [-0.4, -0.2) is 13.1 Å². The van der Waals surface area contributed by atoms with Gasteiger partial charge in [-0.25, -0.2) is 4.79 Å². The van der Waals surface area contributed by atoms with Crippen molar-refractivity contribution in [3.8, 4) is 6.07 Å².